The molecule has 8 nitrogen and oxygen atoms in total. The van der Waals surface area contributed by atoms with Gasteiger partial charge in [0.1, 0.15) is 17.3 Å². The minimum Gasteiger partial charge on any atom is -0.455 e. The SMILES string of the molecule is Fc1ccc(Nc2nc(NN=Cc3ccc(-c4ccc(Cl)cc4)o3)nc(N3CCCCC3)n2)cc1. The Labute approximate surface area is 206 Å². The Kier molecular flexibility index (Phi) is 6.85. The van der Waals surface area contributed by atoms with Crippen molar-refractivity contribution in [1.82, 2.24) is 15.0 Å². The number of halogens is 2. The van der Waals surface area contributed by atoms with Crippen molar-refractivity contribution in [3.8, 4) is 11.3 Å². The molecule has 3 heterocycles. The highest BCUT2D eigenvalue weighted by Gasteiger charge is 2.16. The number of hydrazone groups is 1. The van der Waals surface area contributed by atoms with Crippen LogP contribution < -0.4 is 15.6 Å². The van der Waals surface area contributed by atoms with Crippen LogP contribution in [0.1, 0.15) is 25.0 Å². The van der Waals surface area contributed by atoms with Gasteiger partial charge in [-0.1, -0.05) is 11.6 Å². The number of piperidine rings is 1. The van der Waals surface area contributed by atoms with Gasteiger partial charge < -0.3 is 14.6 Å². The smallest absolute Gasteiger partial charge is 0.250 e. The molecule has 10 heteroatoms. The zero-order chi connectivity index (χ0) is 24.0. The molecule has 178 valence electrons. The van der Waals surface area contributed by atoms with Gasteiger partial charge in [-0.25, -0.2) is 9.82 Å². The van der Waals surface area contributed by atoms with Crippen LogP contribution in [0, 0.1) is 5.82 Å². The van der Waals surface area contributed by atoms with Crippen LogP contribution in [0.3, 0.4) is 0 Å². The van der Waals surface area contributed by atoms with Gasteiger partial charge in [-0.05, 0) is 79.9 Å². The van der Waals surface area contributed by atoms with Crippen molar-refractivity contribution in [3.05, 3.63) is 77.3 Å². The molecular weight excluding hydrogens is 469 g/mol. The first-order valence-electron chi connectivity index (χ1n) is 11.3. The highest BCUT2D eigenvalue weighted by molar-refractivity contribution is 6.30. The molecule has 5 rings (SSSR count). The van der Waals surface area contributed by atoms with Crippen LogP contribution in [0.25, 0.3) is 11.3 Å². The molecule has 0 aliphatic carbocycles. The molecule has 1 aliphatic heterocycles. The van der Waals surface area contributed by atoms with Crippen molar-refractivity contribution in [2.45, 2.75) is 19.3 Å². The highest BCUT2D eigenvalue weighted by Crippen LogP contribution is 2.24. The molecule has 1 aliphatic rings. The average Bonchev–Trinajstić information content (AvgIpc) is 3.35. The van der Waals surface area contributed by atoms with Crippen LogP contribution in [0.2, 0.25) is 5.02 Å². The quantitative estimate of drug-likeness (QED) is 0.238. The summed E-state index contributed by atoms with van der Waals surface area (Å²) in [5, 5.41) is 8.02. The van der Waals surface area contributed by atoms with E-state index in [0.29, 0.717) is 34.1 Å². The van der Waals surface area contributed by atoms with Gasteiger partial charge in [-0.2, -0.15) is 20.1 Å². The Hall–Kier alpha value is -3.98. The van der Waals surface area contributed by atoms with E-state index in [1.54, 1.807) is 18.3 Å². The molecule has 1 fully saturated rings. The molecule has 35 heavy (non-hydrogen) atoms. The fourth-order valence-electron chi connectivity index (χ4n) is 3.71. The van der Waals surface area contributed by atoms with Crippen molar-refractivity contribution >= 4 is 41.3 Å². The van der Waals surface area contributed by atoms with Gasteiger partial charge >= 0.3 is 0 Å². The average molecular weight is 492 g/mol. The van der Waals surface area contributed by atoms with Crippen LogP contribution in [-0.2, 0) is 0 Å². The van der Waals surface area contributed by atoms with Gasteiger partial charge in [0.15, 0.2) is 0 Å². The van der Waals surface area contributed by atoms with Gasteiger partial charge in [0.2, 0.25) is 17.8 Å². The van der Waals surface area contributed by atoms with E-state index in [4.69, 9.17) is 16.0 Å². The summed E-state index contributed by atoms with van der Waals surface area (Å²) in [5.74, 6) is 2.15. The molecule has 0 spiro atoms. The lowest BCUT2D eigenvalue weighted by atomic mass is 10.1. The third kappa shape index (κ3) is 5.93. The van der Waals surface area contributed by atoms with Crippen molar-refractivity contribution < 1.29 is 8.81 Å². The Morgan fingerprint density at radius 1 is 0.886 bits per heavy atom. The first-order valence-corrected chi connectivity index (χ1v) is 11.7. The number of hydrogen-bond acceptors (Lipinski definition) is 8. The number of aromatic nitrogens is 3. The molecule has 4 aromatic rings. The van der Waals surface area contributed by atoms with E-state index in [9.17, 15) is 4.39 Å². The second-order valence-electron chi connectivity index (χ2n) is 8.04. The molecule has 2 aromatic heterocycles. The lowest BCUT2D eigenvalue weighted by Gasteiger charge is -2.26. The summed E-state index contributed by atoms with van der Waals surface area (Å²) >= 11 is 5.96. The Morgan fingerprint density at radius 3 is 2.40 bits per heavy atom. The largest absolute Gasteiger partial charge is 0.455 e. The predicted molar refractivity (Wildman–Crippen MR) is 136 cm³/mol. The number of benzene rings is 2. The molecular formula is C25H23ClFN7O. The third-order valence-corrected chi connectivity index (χ3v) is 5.73. The molecule has 0 unspecified atom stereocenters. The molecule has 0 bridgehead atoms. The zero-order valence-corrected chi connectivity index (χ0v) is 19.5. The lowest BCUT2D eigenvalue weighted by Crippen LogP contribution is -2.31. The number of anilines is 4. The topological polar surface area (TPSA) is 91.5 Å². The van der Waals surface area contributed by atoms with E-state index in [0.717, 1.165) is 31.5 Å². The molecule has 2 aromatic carbocycles. The maximum Gasteiger partial charge on any atom is 0.250 e. The summed E-state index contributed by atoms with van der Waals surface area (Å²) < 4.78 is 19.1. The van der Waals surface area contributed by atoms with Crippen molar-refractivity contribution in [1.29, 1.82) is 0 Å². The monoisotopic (exact) mass is 491 g/mol. The van der Waals surface area contributed by atoms with Crippen molar-refractivity contribution in [2.24, 2.45) is 5.10 Å². The summed E-state index contributed by atoms with van der Waals surface area (Å²) in [6, 6.07) is 17.1. The van der Waals surface area contributed by atoms with Gasteiger partial charge in [0, 0.05) is 29.4 Å². The fourth-order valence-corrected chi connectivity index (χ4v) is 3.84. The molecule has 0 saturated carbocycles. The maximum atomic E-state index is 13.3. The van der Waals surface area contributed by atoms with E-state index >= 15 is 0 Å². The predicted octanol–water partition coefficient (Wildman–Crippen LogP) is 6.10. The zero-order valence-electron chi connectivity index (χ0n) is 18.8. The van der Waals surface area contributed by atoms with Crippen LogP contribution in [-0.4, -0.2) is 34.3 Å². The molecule has 2 N–H and O–H groups in total. The number of hydrogen-bond donors (Lipinski definition) is 2. The van der Waals surface area contributed by atoms with E-state index in [-0.39, 0.29) is 11.8 Å². The van der Waals surface area contributed by atoms with E-state index in [2.05, 4.69) is 35.7 Å². The second-order valence-corrected chi connectivity index (χ2v) is 8.48. The normalized spacial score (nSPS) is 13.8. The Bertz CT molecular complexity index is 1300. The second kappa shape index (κ2) is 10.5. The Morgan fingerprint density at radius 2 is 1.63 bits per heavy atom. The Balaban J connectivity index is 1.33. The van der Waals surface area contributed by atoms with Crippen LogP contribution in [0.5, 0.6) is 0 Å². The van der Waals surface area contributed by atoms with Crippen LogP contribution in [0.15, 0.2) is 70.2 Å². The molecule has 1 saturated heterocycles. The number of nitrogens with one attached hydrogen (secondary N) is 2. The van der Waals surface area contributed by atoms with E-state index in [1.807, 2.05) is 36.4 Å². The van der Waals surface area contributed by atoms with E-state index < -0.39 is 0 Å². The fraction of sp³-hybridized carbons (Fsp3) is 0.200. The van der Waals surface area contributed by atoms with Crippen LogP contribution >= 0.6 is 11.6 Å². The number of rotatable bonds is 7. The minimum absolute atomic E-state index is 0.283. The summed E-state index contributed by atoms with van der Waals surface area (Å²) in [7, 11) is 0. The number of nitrogens with zero attached hydrogens (tertiary/aromatic N) is 5. The van der Waals surface area contributed by atoms with Gasteiger partial charge in [-0.3, -0.25) is 0 Å². The lowest BCUT2D eigenvalue weighted by molar-refractivity contribution is 0.568. The number of furan rings is 1. The minimum atomic E-state index is -0.311. The summed E-state index contributed by atoms with van der Waals surface area (Å²) in [6.45, 7) is 1.76. The summed E-state index contributed by atoms with van der Waals surface area (Å²) in [6.07, 6.45) is 4.92. The molecule has 0 amide bonds. The van der Waals surface area contributed by atoms with Crippen molar-refractivity contribution in [2.75, 3.05) is 28.7 Å². The van der Waals surface area contributed by atoms with E-state index in [1.165, 1.54) is 18.6 Å². The highest BCUT2D eigenvalue weighted by atomic mass is 35.5. The maximum absolute atomic E-state index is 13.3. The standard InChI is InChI=1S/C25H23ClFN7O/c26-18-6-4-17(5-7-18)22-13-12-21(35-22)16-28-33-24-30-23(29-20-10-8-19(27)9-11-20)31-25(32-24)34-14-2-1-3-15-34/h4-13,16H,1-3,14-15H2,(H2,29,30,31,32,33). The first-order chi connectivity index (χ1) is 17.1. The van der Waals surface area contributed by atoms with Crippen LogP contribution in [0.4, 0.5) is 27.9 Å². The summed E-state index contributed by atoms with van der Waals surface area (Å²) in [4.78, 5) is 15.6. The third-order valence-electron chi connectivity index (χ3n) is 5.47. The molecule has 0 radical (unpaired) electrons. The van der Waals surface area contributed by atoms with Gasteiger partial charge in [0.05, 0.1) is 6.21 Å². The first kappa shape index (κ1) is 22.8. The molecule has 0 atom stereocenters. The van der Waals surface area contributed by atoms with Crippen molar-refractivity contribution in [3.63, 3.8) is 0 Å². The van der Waals surface area contributed by atoms with Gasteiger partial charge in [-0.15, -0.1) is 0 Å². The van der Waals surface area contributed by atoms with Gasteiger partial charge in [0.25, 0.3) is 0 Å². The summed E-state index contributed by atoms with van der Waals surface area (Å²) in [5.41, 5.74) is 4.45.